The van der Waals surface area contributed by atoms with Gasteiger partial charge in [0.05, 0.1) is 17.8 Å². The van der Waals surface area contributed by atoms with Gasteiger partial charge in [0.15, 0.2) is 0 Å². The summed E-state index contributed by atoms with van der Waals surface area (Å²) >= 11 is 5.91. The first-order chi connectivity index (χ1) is 12.1. The van der Waals surface area contributed by atoms with E-state index < -0.39 is 11.7 Å². The van der Waals surface area contributed by atoms with Gasteiger partial charge in [0.2, 0.25) is 0 Å². The number of rotatable bonds is 4. The smallest absolute Gasteiger partial charge is 0.299 e. The molecule has 1 aliphatic rings. The Morgan fingerprint density at radius 3 is 2.56 bits per heavy atom. The molecule has 0 atom stereocenters. The summed E-state index contributed by atoms with van der Waals surface area (Å²) in [6, 6.07) is 18.8. The van der Waals surface area contributed by atoms with E-state index in [-0.39, 0.29) is 0 Å². The Kier molecular flexibility index (Phi) is 3.90. The molecule has 0 saturated heterocycles. The number of hydrogen-bond acceptors (Lipinski definition) is 3. The zero-order valence-electron chi connectivity index (χ0n) is 13.2. The number of carbonyl (C=O) groups is 2. The number of hydrogen-bond donors (Lipinski definition) is 0. The minimum atomic E-state index is -0.542. The lowest BCUT2D eigenvalue weighted by Crippen LogP contribution is -2.33. The van der Waals surface area contributed by atoms with Gasteiger partial charge in [-0.3, -0.25) is 9.59 Å². The van der Waals surface area contributed by atoms with E-state index in [9.17, 15) is 9.59 Å². The third kappa shape index (κ3) is 2.85. The number of nitrogens with zero attached hydrogens (tertiary/aromatic N) is 1. The van der Waals surface area contributed by atoms with Crippen LogP contribution in [0.25, 0.3) is 10.8 Å². The second kappa shape index (κ2) is 6.22. The Morgan fingerprint density at radius 2 is 1.72 bits per heavy atom. The van der Waals surface area contributed by atoms with Crippen molar-refractivity contribution in [1.29, 1.82) is 0 Å². The topological polar surface area (TPSA) is 46.6 Å². The number of Topliss-reactive ketones (excluding diaryl/α,β-unsaturated/α-hetero) is 1. The van der Waals surface area contributed by atoms with Crippen LogP contribution in [0.5, 0.6) is 5.75 Å². The summed E-state index contributed by atoms with van der Waals surface area (Å²) in [6.45, 7) is 0.589. The van der Waals surface area contributed by atoms with E-state index in [0.29, 0.717) is 29.4 Å². The summed E-state index contributed by atoms with van der Waals surface area (Å²) in [5.74, 6) is -0.337. The Labute approximate surface area is 149 Å². The lowest BCUT2D eigenvalue weighted by Gasteiger charge is -2.17. The highest BCUT2D eigenvalue weighted by molar-refractivity contribution is 6.52. The maximum atomic E-state index is 12.2. The molecule has 3 aromatic rings. The average Bonchev–Trinajstić information content (AvgIpc) is 2.86. The highest BCUT2D eigenvalue weighted by Crippen LogP contribution is 2.31. The normalized spacial score (nSPS) is 13.4. The first kappa shape index (κ1) is 15.7. The van der Waals surface area contributed by atoms with Crippen LogP contribution in [0.3, 0.4) is 0 Å². The monoisotopic (exact) mass is 351 g/mol. The molecular weight excluding hydrogens is 338 g/mol. The van der Waals surface area contributed by atoms with Gasteiger partial charge >= 0.3 is 0 Å². The van der Waals surface area contributed by atoms with Gasteiger partial charge in [0.25, 0.3) is 11.7 Å². The Morgan fingerprint density at radius 1 is 0.920 bits per heavy atom. The Bertz CT molecular complexity index is 999. The number of halogens is 1. The molecule has 1 heterocycles. The SMILES string of the molecule is O=C1C(=O)N(CCOc2ccc3ccccc3c2)c2ccc(Cl)cc21. The molecule has 0 spiro atoms. The number of amides is 1. The summed E-state index contributed by atoms with van der Waals surface area (Å²) in [7, 11) is 0. The molecule has 0 aromatic heterocycles. The molecule has 4 rings (SSSR count). The Balaban J connectivity index is 1.48. The highest BCUT2D eigenvalue weighted by atomic mass is 35.5. The number of benzene rings is 3. The van der Waals surface area contributed by atoms with E-state index in [1.54, 1.807) is 12.1 Å². The van der Waals surface area contributed by atoms with Crippen LogP contribution in [0.1, 0.15) is 10.4 Å². The van der Waals surface area contributed by atoms with E-state index in [2.05, 4.69) is 0 Å². The molecule has 124 valence electrons. The van der Waals surface area contributed by atoms with E-state index in [0.717, 1.165) is 16.5 Å². The van der Waals surface area contributed by atoms with Crippen LogP contribution >= 0.6 is 11.6 Å². The first-order valence-electron chi connectivity index (χ1n) is 7.91. The molecule has 0 aliphatic carbocycles. The van der Waals surface area contributed by atoms with Crippen LogP contribution in [0.15, 0.2) is 60.7 Å². The van der Waals surface area contributed by atoms with Crippen LogP contribution in [0.2, 0.25) is 5.02 Å². The number of carbonyl (C=O) groups excluding carboxylic acids is 2. The Hall–Kier alpha value is -2.85. The summed E-state index contributed by atoms with van der Waals surface area (Å²) in [5, 5.41) is 2.67. The second-order valence-electron chi connectivity index (χ2n) is 5.80. The van der Waals surface area contributed by atoms with Gasteiger partial charge in [-0.1, -0.05) is 41.9 Å². The molecule has 3 aromatic carbocycles. The van der Waals surface area contributed by atoms with Crippen molar-refractivity contribution in [2.75, 3.05) is 18.1 Å². The van der Waals surface area contributed by atoms with Crippen LogP contribution in [0, 0.1) is 0 Å². The quantitative estimate of drug-likeness (QED) is 0.665. The van der Waals surface area contributed by atoms with E-state index in [1.807, 2.05) is 42.5 Å². The minimum absolute atomic E-state index is 0.291. The zero-order chi connectivity index (χ0) is 17.4. The number of ketones is 1. The predicted molar refractivity (Wildman–Crippen MR) is 97.6 cm³/mol. The number of fused-ring (bicyclic) bond motifs is 2. The molecule has 0 radical (unpaired) electrons. The highest BCUT2D eigenvalue weighted by Gasteiger charge is 2.35. The molecule has 1 aliphatic heterocycles. The van der Waals surface area contributed by atoms with Gasteiger partial charge in [-0.05, 0) is 41.1 Å². The first-order valence-corrected chi connectivity index (χ1v) is 8.28. The van der Waals surface area contributed by atoms with Crippen molar-refractivity contribution in [1.82, 2.24) is 0 Å². The number of anilines is 1. The molecule has 5 heteroatoms. The lowest BCUT2D eigenvalue weighted by molar-refractivity contribution is -0.114. The van der Waals surface area contributed by atoms with Gasteiger partial charge in [0.1, 0.15) is 12.4 Å². The fraction of sp³-hybridized carbons (Fsp3) is 0.100. The van der Waals surface area contributed by atoms with Crippen molar-refractivity contribution in [2.24, 2.45) is 0 Å². The average molecular weight is 352 g/mol. The molecule has 0 saturated carbocycles. The molecule has 0 bridgehead atoms. The largest absolute Gasteiger partial charge is 0.492 e. The molecule has 1 amide bonds. The molecule has 0 fully saturated rings. The standard InChI is InChI=1S/C20H14ClNO3/c21-15-6-8-18-17(12-15)19(23)20(24)22(18)9-10-25-16-7-5-13-3-1-2-4-14(13)11-16/h1-8,11-12H,9-10H2. The van der Waals surface area contributed by atoms with Gasteiger partial charge in [0, 0.05) is 5.02 Å². The molecule has 4 nitrogen and oxygen atoms in total. The fourth-order valence-corrected chi connectivity index (χ4v) is 3.18. The van der Waals surface area contributed by atoms with Gasteiger partial charge in [-0.15, -0.1) is 0 Å². The summed E-state index contributed by atoms with van der Waals surface area (Å²) in [6.07, 6.45) is 0. The van der Waals surface area contributed by atoms with Gasteiger partial charge in [-0.25, -0.2) is 0 Å². The van der Waals surface area contributed by atoms with Crippen molar-refractivity contribution in [2.45, 2.75) is 0 Å². The third-order valence-corrected chi connectivity index (χ3v) is 4.47. The maximum absolute atomic E-state index is 12.2. The van der Waals surface area contributed by atoms with Crippen molar-refractivity contribution in [3.05, 3.63) is 71.2 Å². The van der Waals surface area contributed by atoms with Crippen LogP contribution < -0.4 is 9.64 Å². The van der Waals surface area contributed by atoms with Gasteiger partial charge in [-0.2, -0.15) is 0 Å². The van der Waals surface area contributed by atoms with Crippen molar-refractivity contribution in [3.8, 4) is 5.75 Å². The summed E-state index contributed by atoms with van der Waals surface area (Å²) in [5.41, 5.74) is 0.935. The minimum Gasteiger partial charge on any atom is -0.492 e. The van der Waals surface area contributed by atoms with Crippen LogP contribution in [0.4, 0.5) is 5.69 Å². The van der Waals surface area contributed by atoms with E-state index in [1.165, 1.54) is 11.0 Å². The second-order valence-corrected chi connectivity index (χ2v) is 6.24. The third-order valence-electron chi connectivity index (χ3n) is 4.24. The molecule has 0 N–H and O–H groups in total. The van der Waals surface area contributed by atoms with Crippen LogP contribution in [-0.4, -0.2) is 24.8 Å². The van der Waals surface area contributed by atoms with Gasteiger partial charge < -0.3 is 9.64 Å². The number of ether oxygens (including phenoxy) is 1. The van der Waals surface area contributed by atoms with Crippen molar-refractivity contribution in [3.63, 3.8) is 0 Å². The molecule has 25 heavy (non-hydrogen) atoms. The fourth-order valence-electron chi connectivity index (χ4n) is 3.01. The van der Waals surface area contributed by atoms with Crippen molar-refractivity contribution >= 4 is 39.8 Å². The molecule has 0 unspecified atom stereocenters. The summed E-state index contributed by atoms with van der Waals surface area (Å²) < 4.78 is 5.77. The van der Waals surface area contributed by atoms with E-state index >= 15 is 0 Å². The maximum Gasteiger partial charge on any atom is 0.299 e. The lowest BCUT2D eigenvalue weighted by atomic mass is 10.1. The predicted octanol–water partition coefficient (Wildman–Crippen LogP) is 4.10. The van der Waals surface area contributed by atoms with E-state index in [4.69, 9.17) is 16.3 Å². The molecular formula is C20H14ClNO3. The zero-order valence-corrected chi connectivity index (χ0v) is 14.0. The van der Waals surface area contributed by atoms with Crippen LogP contribution in [-0.2, 0) is 4.79 Å². The van der Waals surface area contributed by atoms with Crippen molar-refractivity contribution < 1.29 is 14.3 Å². The summed E-state index contributed by atoms with van der Waals surface area (Å²) in [4.78, 5) is 25.7.